The summed E-state index contributed by atoms with van der Waals surface area (Å²) >= 11 is 0. The van der Waals surface area contributed by atoms with Crippen molar-refractivity contribution in [2.75, 3.05) is 33.2 Å². The normalized spacial score (nSPS) is 17.7. The lowest BCUT2D eigenvalue weighted by atomic mass is 9.93. The van der Waals surface area contributed by atoms with Crippen molar-refractivity contribution in [3.8, 4) is 17.2 Å². The first-order chi connectivity index (χ1) is 15.3. The molecule has 0 bridgehead atoms. The fourth-order valence-corrected chi connectivity index (χ4v) is 3.47. The van der Waals surface area contributed by atoms with E-state index in [9.17, 15) is 14.4 Å². The topological polar surface area (TPSA) is 106 Å². The minimum Gasteiger partial charge on any atom is -0.497 e. The summed E-state index contributed by atoms with van der Waals surface area (Å²) in [6, 6.07) is 11.8. The van der Waals surface area contributed by atoms with Gasteiger partial charge in [-0.15, -0.1) is 0 Å². The van der Waals surface area contributed by atoms with E-state index in [0.717, 1.165) is 16.2 Å². The van der Waals surface area contributed by atoms with Crippen LogP contribution in [0.25, 0.3) is 0 Å². The second-order valence-electron chi connectivity index (χ2n) is 7.65. The Labute approximate surface area is 186 Å². The number of benzene rings is 2. The Morgan fingerprint density at radius 3 is 2.12 bits per heavy atom. The number of rotatable bonds is 9. The minimum absolute atomic E-state index is 0.398. The Kier molecular flexibility index (Phi) is 6.87. The van der Waals surface area contributed by atoms with Gasteiger partial charge < -0.3 is 24.8 Å². The van der Waals surface area contributed by atoms with Crippen LogP contribution in [0.5, 0.6) is 17.2 Å². The van der Waals surface area contributed by atoms with E-state index in [4.69, 9.17) is 14.2 Å². The van der Waals surface area contributed by atoms with Gasteiger partial charge in [0.25, 0.3) is 5.91 Å². The first kappa shape index (κ1) is 22.9. The van der Waals surface area contributed by atoms with Crippen LogP contribution in [0.1, 0.15) is 18.9 Å². The van der Waals surface area contributed by atoms with Crippen molar-refractivity contribution in [3.05, 3.63) is 48.0 Å². The number of urea groups is 1. The third-order valence-corrected chi connectivity index (χ3v) is 5.35. The fraction of sp³-hybridized carbons (Fsp3) is 0.348. The molecule has 1 atom stereocenters. The van der Waals surface area contributed by atoms with Crippen molar-refractivity contribution >= 4 is 23.5 Å². The molecule has 32 heavy (non-hydrogen) atoms. The van der Waals surface area contributed by atoms with Gasteiger partial charge in [0.15, 0.2) is 0 Å². The number of ether oxygens (including phenoxy) is 3. The van der Waals surface area contributed by atoms with Crippen molar-refractivity contribution in [1.29, 1.82) is 0 Å². The van der Waals surface area contributed by atoms with Gasteiger partial charge in [-0.25, -0.2) is 4.79 Å². The summed E-state index contributed by atoms with van der Waals surface area (Å²) in [4.78, 5) is 38.9. The summed E-state index contributed by atoms with van der Waals surface area (Å²) in [5, 5.41) is 5.39. The maximum absolute atomic E-state index is 13.0. The molecule has 0 radical (unpaired) electrons. The first-order valence-electron chi connectivity index (χ1n) is 10.1. The number of aryl methyl sites for hydroxylation is 1. The van der Waals surface area contributed by atoms with Crippen molar-refractivity contribution in [2.45, 2.75) is 25.3 Å². The van der Waals surface area contributed by atoms with E-state index in [1.807, 2.05) is 24.3 Å². The molecule has 0 aromatic heterocycles. The predicted octanol–water partition coefficient (Wildman–Crippen LogP) is 2.59. The van der Waals surface area contributed by atoms with Gasteiger partial charge in [-0.05, 0) is 37.5 Å². The molecule has 1 saturated heterocycles. The summed E-state index contributed by atoms with van der Waals surface area (Å²) in [5.41, 5.74) is 0.356. The number of anilines is 1. The van der Waals surface area contributed by atoms with E-state index < -0.39 is 29.9 Å². The van der Waals surface area contributed by atoms with Crippen LogP contribution in [0.2, 0.25) is 0 Å². The number of nitrogens with one attached hydrogen (secondary N) is 2. The van der Waals surface area contributed by atoms with Crippen LogP contribution in [0.15, 0.2) is 42.5 Å². The third kappa shape index (κ3) is 5.11. The molecule has 0 saturated carbocycles. The average molecular weight is 441 g/mol. The van der Waals surface area contributed by atoms with Crippen LogP contribution in [0, 0.1) is 0 Å². The number of hydrogen-bond acceptors (Lipinski definition) is 6. The minimum atomic E-state index is -1.09. The van der Waals surface area contributed by atoms with Gasteiger partial charge in [0.1, 0.15) is 29.3 Å². The van der Waals surface area contributed by atoms with E-state index in [-0.39, 0.29) is 0 Å². The Morgan fingerprint density at radius 2 is 1.56 bits per heavy atom. The molecule has 170 valence electrons. The lowest BCUT2D eigenvalue weighted by Gasteiger charge is -2.21. The van der Waals surface area contributed by atoms with Crippen LogP contribution in [0.3, 0.4) is 0 Å². The number of methoxy groups -OCH3 is 3. The molecule has 2 aromatic carbocycles. The molecule has 9 nitrogen and oxygen atoms in total. The zero-order valence-electron chi connectivity index (χ0n) is 18.6. The van der Waals surface area contributed by atoms with Gasteiger partial charge in [-0.3, -0.25) is 14.5 Å². The maximum atomic E-state index is 13.0. The summed E-state index contributed by atoms with van der Waals surface area (Å²) in [7, 11) is 4.60. The highest BCUT2D eigenvalue weighted by Gasteiger charge is 2.47. The molecule has 2 aromatic rings. The average Bonchev–Trinajstić information content (AvgIpc) is 3.00. The van der Waals surface area contributed by atoms with Crippen LogP contribution < -0.4 is 24.8 Å². The van der Waals surface area contributed by atoms with Crippen molar-refractivity contribution < 1.29 is 28.6 Å². The van der Waals surface area contributed by atoms with Crippen LogP contribution >= 0.6 is 0 Å². The molecule has 9 heteroatoms. The van der Waals surface area contributed by atoms with Crippen molar-refractivity contribution in [1.82, 2.24) is 10.2 Å². The summed E-state index contributed by atoms with van der Waals surface area (Å²) in [6.45, 7) is 1.27. The number of nitrogens with zero attached hydrogens (tertiary/aromatic N) is 1. The molecular weight excluding hydrogens is 414 g/mol. The molecule has 0 spiro atoms. The quantitative estimate of drug-likeness (QED) is 0.580. The maximum Gasteiger partial charge on any atom is 0.325 e. The van der Waals surface area contributed by atoms with Gasteiger partial charge in [-0.2, -0.15) is 0 Å². The van der Waals surface area contributed by atoms with Gasteiger partial charge >= 0.3 is 6.03 Å². The SMILES string of the molecule is COc1ccc(CCC2(C)NC(=O)N(CC(=O)Nc3cc(OC)cc(OC)c3)C2=O)cc1. The summed E-state index contributed by atoms with van der Waals surface area (Å²) < 4.78 is 15.5. The highest BCUT2D eigenvalue weighted by molar-refractivity contribution is 6.09. The van der Waals surface area contributed by atoms with Gasteiger partial charge in [0, 0.05) is 23.9 Å². The van der Waals surface area contributed by atoms with Crippen molar-refractivity contribution in [3.63, 3.8) is 0 Å². The summed E-state index contributed by atoms with van der Waals surface area (Å²) in [6.07, 6.45) is 0.977. The molecule has 3 rings (SSSR count). The lowest BCUT2D eigenvalue weighted by molar-refractivity contribution is -0.133. The monoisotopic (exact) mass is 441 g/mol. The molecule has 2 N–H and O–H groups in total. The van der Waals surface area contributed by atoms with Gasteiger partial charge in [-0.1, -0.05) is 12.1 Å². The first-order valence-corrected chi connectivity index (χ1v) is 10.1. The smallest absolute Gasteiger partial charge is 0.325 e. The van der Waals surface area contributed by atoms with Crippen LogP contribution in [-0.4, -0.2) is 56.2 Å². The summed E-state index contributed by atoms with van der Waals surface area (Å²) in [5.74, 6) is 0.801. The molecule has 1 fully saturated rings. The lowest BCUT2D eigenvalue weighted by Crippen LogP contribution is -2.45. The van der Waals surface area contributed by atoms with E-state index in [2.05, 4.69) is 10.6 Å². The van der Waals surface area contributed by atoms with Gasteiger partial charge in [0.05, 0.1) is 21.3 Å². The standard InChI is InChI=1S/C23H27N3O6/c1-23(10-9-15-5-7-17(30-2)8-6-15)21(28)26(22(29)25-23)14-20(27)24-16-11-18(31-3)13-19(12-16)32-4/h5-8,11-13H,9-10,14H2,1-4H3,(H,24,27)(H,25,29). The zero-order chi connectivity index (χ0) is 23.3. The Bertz CT molecular complexity index is 985. The number of imide groups is 1. The molecule has 4 amide bonds. The van der Waals surface area contributed by atoms with E-state index >= 15 is 0 Å². The second kappa shape index (κ2) is 9.59. The number of carbonyl (C=O) groups excluding carboxylic acids is 3. The molecule has 1 aliphatic rings. The molecule has 1 heterocycles. The predicted molar refractivity (Wildman–Crippen MR) is 118 cm³/mol. The second-order valence-corrected chi connectivity index (χ2v) is 7.65. The third-order valence-electron chi connectivity index (χ3n) is 5.35. The van der Waals surface area contributed by atoms with Gasteiger partial charge in [0.2, 0.25) is 5.91 Å². The Balaban J connectivity index is 1.62. The van der Waals surface area contributed by atoms with Crippen molar-refractivity contribution in [2.24, 2.45) is 0 Å². The highest BCUT2D eigenvalue weighted by atomic mass is 16.5. The fourth-order valence-electron chi connectivity index (χ4n) is 3.47. The number of amides is 4. The number of carbonyl (C=O) groups is 3. The van der Waals surface area contributed by atoms with Crippen LogP contribution in [0.4, 0.5) is 10.5 Å². The molecule has 0 aliphatic carbocycles. The Morgan fingerprint density at radius 1 is 0.969 bits per heavy atom. The Hall–Kier alpha value is -3.75. The number of hydrogen-bond donors (Lipinski definition) is 2. The molecule has 1 unspecified atom stereocenters. The molecule has 1 aliphatic heterocycles. The van der Waals surface area contributed by atoms with E-state index in [1.165, 1.54) is 14.2 Å². The van der Waals surface area contributed by atoms with E-state index in [0.29, 0.717) is 30.0 Å². The highest BCUT2D eigenvalue weighted by Crippen LogP contribution is 2.27. The zero-order valence-corrected chi connectivity index (χ0v) is 18.6. The largest absolute Gasteiger partial charge is 0.497 e. The molecular formula is C23H27N3O6. The van der Waals surface area contributed by atoms with Crippen LogP contribution in [-0.2, 0) is 16.0 Å². The van der Waals surface area contributed by atoms with E-state index in [1.54, 1.807) is 32.2 Å².